The molecule has 1 rings (SSSR count). The van der Waals surface area contributed by atoms with E-state index >= 15 is 0 Å². The Kier molecular flexibility index (Phi) is 3.32. The highest BCUT2D eigenvalue weighted by Crippen LogP contribution is 2.15. The zero-order valence-corrected chi connectivity index (χ0v) is 7.88. The summed E-state index contributed by atoms with van der Waals surface area (Å²) < 4.78 is 0. The summed E-state index contributed by atoms with van der Waals surface area (Å²) in [5.74, 6) is 4.35. The van der Waals surface area contributed by atoms with Gasteiger partial charge in [-0.25, -0.2) is 4.98 Å². The lowest BCUT2D eigenvalue weighted by molar-refractivity contribution is -0.117. The summed E-state index contributed by atoms with van der Waals surface area (Å²) in [5.41, 5.74) is 5.01. The second kappa shape index (κ2) is 4.49. The summed E-state index contributed by atoms with van der Waals surface area (Å²) in [6.45, 7) is 0. The lowest BCUT2D eigenvalue weighted by atomic mass is 10.3. The zero-order chi connectivity index (χ0) is 10.6. The topological polar surface area (TPSA) is 76.2 Å². The number of carbonyl (C=O) groups excluding carboxylic acids is 1. The van der Waals surface area contributed by atoms with Crippen LogP contribution in [-0.2, 0) is 4.79 Å². The fraction of sp³-hybridized carbons (Fsp3) is 0.111. The molecule has 14 heavy (non-hydrogen) atoms. The first-order valence-corrected chi connectivity index (χ1v) is 4.10. The Bertz CT molecular complexity index is 421. The SMILES string of the molecule is NC(=O)CC#Cc1nc(Cl)ccc1O. The third kappa shape index (κ3) is 2.96. The number of nitrogens with zero attached hydrogens (tertiary/aromatic N) is 1. The van der Waals surface area contributed by atoms with E-state index in [0.29, 0.717) is 0 Å². The van der Waals surface area contributed by atoms with Crippen molar-refractivity contribution in [3.63, 3.8) is 0 Å². The number of aromatic nitrogens is 1. The van der Waals surface area contributed by atoms with Crippen molar-refractivity contribution < 1.29 is 9.90 Å². The minimum absolute atomic E-state index is 0.0758. The Morgan fingerprint density at radius 2 is 2.36 bits per heavy atom. The molecule has 0 aliphatic carbocycles. The zero-order valence-electron chi connectivity index (χ0n) is 7.12. The van der Waals surface area contributed by atoms with E-state index in [1.54, 1.807) is 0 Å². The summed E-state index contributed by atoms with van der Waals surface area (Å²) in [6.07, 6.45) is -0.0758. The van der Waals surface area contributed by atoms with Crippen molar-refractivity contribution in [2.45, 2.75) is 6.42 Å². The normalized spacial score (nSPS) is 8.93. The van der Waals surface area contributed by atoms with Gasteiger partial charge >= 0.3 is 0 Å². The average molecular weight is 211 g/mol. The van der Waals surface area contributed by atoms with Crippen LogP contribution in [0.5, 0.6) is 5.75 Å². The van der Waals surface area contributed by atoms with Crippen LogP contribution >= 0.6 is 11.6 Å². The molecule has 1 aromatic heterocycles. The van der Waals surface area contributed by atoms with E-state index in [1.165, 1.54) is 12.1 Å². The van der Waals surface area contributed by atoms with Crippen molar-refractivity contribution in [3.8, 4) is 17.6 Å². The minimum Gasteiger partial charge on any atom is -0.505 e. The summed E-state index contributed by atoms with van der Waals surface area (Å²) in [7, 11) is 0. The van der Waals surface area contributed by atoms with Gasteiger partial charge in [0.15, 0.2) is 5.69 Å². The summed E-state index contributed by atoms with van der Waals surface area (Å²) in [4.78, 5) is 14.1. The number of halogens is 1. The van der Waals surface area contributed by atoms with E-state index in [2.05, 4.69) is 16.8 Å². The van der Waals surface area contributed by atoms with E-state index in [4.69, 9.17) is 17.3 Å². The van der Waals surface area contributed by atoms with Crippen LogP contribution in [0.1, 0.15) is 12.1 Å². The van der Waals surface area contributed by atoms with Crippen LogP contribution in [0.3, 0.4) is 0 Å². The highest BCUT2D eigenvalue weighted by atomic mass is 35.5. The molecule has 0 radical (unpaired) electrons. The molecule has 3 N–H and O–H groups in total. The highest BCUT2D eigenvalue weighted by Gasteiger charge is 1.99. The molecule has 1 amide bonds. The molecule has 72 valence electrons. The number of aromatic hydroxyl groups is 1. The maximum atomic E-state index is 10.4. The van der Waals surface area contributed by atoms with E-state index in [1.807, 2.05) is 0 Å². The smallest absolute Gasteiger partial charge is 0.229 e. The molecule has 4 nitrogen and oxygen atoms in total. The Morgan fingerprint density at radius 3 is 3.00 bits per heavy atom. The maximum Gasteiger partial charge on any atom is 0.229 e. The quantitative estimate of drug-likeness (QED) is 0.528. The molecule has 0 aliphatic heterocycles. The van der Waals surface area contributed by atoms with Gasteiger partial charge in [0.25, 0.3) is 0 Å². The molecule has 0 aliphatic rings. The summed E-state index contributed by atoms with van der Waals surface area (Å²) in [6, 6.07) is 2.82. The Morgan fingerprint density at radius 1 is 1.64 bits per heavy atom. The monoisotopic (exact) mass is 210 g/mol. The molecule has 1 aromatic rings. The van der Waals surface area contributed by atoms with Crippen LogP contribution in [0.4, 0.5) is 0 Å². The van der Waals surface area contributed by atoms with Crippen LogP contribution in [-0.4, -0.2) is 16.0 Å². The Balaban J connectivity index is 2.88. The van der Waals surface area contributed by atoms with Gasteiger partial charge in [-0.15, -0.1) is 0 Å². The number of amides is 1. The molecule has 0 saturated heterocycles. The molecule has 5 heteroatoms. The molecule has 0 fully saturated rings. The van der Waals surface area contributed by atoms with Crippen molar-refractivity contribution in [3.05, 3.63) is 23.0 Å². The van der Waals surface area contributed by atoms with Gasteiger partial charge in [0.2, 0.25) is 5.91 Å². The van der Waals surface area contributed by atoms with E-state index < -0.39 is 5.91 Å². The van der Waals surface area contributed by atoms with Crippen LogP contribution < -0.4 is 5.73 Å². The second-order valence-corrected chi connectivity index (χ2v) is 2.83. The third-order valence-electron chi connectivity index (χ3n) is 1.31. The number of nitrogens with two attached hydrogens (primary N) is 1. The fourth-order valence-electron chi connectivity index (χ4n) is 0.735. The van der Waals surface area contributed by atoms with Crippen molar-refractivity contribution in [2.24, 2.45) is 5.73 Å². The van der Waals surface area contributed by atoms with E-state index in [0.717, 1.165) is 0 Å². The molecule has 0 atom stereocenters. The first kappa shape index (κ1) is 10.4. The van der Waals surface area contributed by atoms with Crippen LogP contribution in [0.25, 0.3) is 0 Å². The molecule has 0 spiro atoms. The van der Waals surface area contributed by atoms with Gasteiger partial charge in [-0.05, 0) is 18.1 Å². The van der Waals surface area contributed by atoms with E-state index in [-0.39, 0.29) is 23.0 Å². The standard InChI is InChI=1S/C9H7ClN2O2/c10-8-5-4-7(13)6(12-8)2-1-3-9(11)14/h4-5,13H,3H2,(H2,11,14). The minimum atomic E-state index is -0.529. The Hall–Kier alpha value is -1.73. The van der Waals surface area contributed by atoms with Gasteiger partial charge in [-0.2, -0.15) is 0 Å². The van der Waals surface area contributed by atoms with Gasteiger partial charge in [0, 0.05) is 0 Å². The number of carbonyl (C=O) groups is 1. The average Bonchev–Trinajstić information content (AvgIpc) is 2.10. The molecule has 1 heterocycles. The molecule has 0 bridgehead atoms. The first-order valence-electron chi connectivity index (χ1n) is 3.72. The first-order chi connectivity index (χ1) is 6.59. The van der Waals surface area contributed by atoms with Crippen molar-refractivity contribution in [2.75, 3.05) is 0 Å². The van der Waals surface area contributed by atoms with Crippen LogP contribution in [0.2, 0.25) is 5.15 Å². The number of hydrogen-bond acceptors (Lipinski definition) is 3. The van der Waals surface area contributed by atoms with Crippen molar-refractivity contribution >= 4 is 17.5 Å². The predicted octanol–water partition coefficient (Wildman–Crippen LogP) is 0.668. The molecule has 0 saturated carbocycles. The van der Waals surface area contributed by atoms with Gasteiger partial charge in [-0.3, -0.25) is 4.79 Å². The molecule has 0 aromatic carbocycles. The summed E-state index contributed by atoms with van der Waals surface area (Å²) in [5, 5.41) is 9.49. The molecular weight excluding hydrogens is 204 g/mol. The fourth-order valence-corrected chi connectivity index (χ4v) is 0.883. The highest BCUT2D eigenvalue weighted by molar-refractivity contribution is 6.29. The van der Waals surface area contributed by atoms with Crippen LogP contribution in [0.15, 0.2) is 12.1 Å². The van der Waals surface area contributed by atoms with Gasteiger partial charge < -0.3 is 10.8 Å². The number of hydrogen-bond donors (Lipinski definition) is 2. The van der Waals surface area contributed by atoms with Crippen molar-refractivity contribution in [1.82, 2.24) is 4.98 Å². The van der Waals surface area contributed by atoms with Crippen LogP contribution in [0, 0.1) is 11.8 Å². The number of primary amides is 1. The lowest BCUT2D eigenvalue weighted by Gasteiger charge is -1.95. The maximum absolute atomic E-state index is 10.4. The number of pyridine rings is 1. The Labute approximate surface area is 85.7 Å². The van der Waals surface area contributed by atoms with Gasteiger partial charge in [0.05, 0.1) is 6.42 Å². The molecule has 0 unspecified atom stereocenters. The number of rotatable bonds is 1. The van der Waals surface area contributed by atoms with Crippen molar-refractivity contribution in [1.29, 1.82) is 0 Å². The summed E-state index contributed by atoms with van der Waals surface area (Å²) >= 11 is 5.58. The molecular formula is C9H7ClN2O2. The lowest BCUT2D eigenvalue weighted by Crippen LogP contribution is -2.08. The largest absolute Gasteiger partial charge is 0.505 e. The second-order valence-electron chi connectivity index (χ2n) is 2.45. The van der Waals surface area contributed by atoms with E-state index in [9.17, 15) is 9.90 Å². The van der Waals surface area contributed by atoms with Gasteiger partial charge in [-0.1, -0.05) is 17.5 Å². The predicted molar refractivity (Wildman–Crippen MR) is 51.6 cm³/mol. The van der Waals surface area contributed by atoms with Gasteiger partial charge in [0.1, 0.15) is 10.9 Å². The third-order valence-corrected chi connectivity index (χ3v) is 1.52.